The van der Waals surface area contributed by atoms with Gasteiger partial charge in [0.2, 0.25) is 5.95 Å². The molecule has 134 valence electrons. The molecule has 0 bridgehead atoms. The van der Waals surface area contributed by atoms with E-state index in [9.17, 15) is 5.11 Å². The Hall–Kier alpha value is -1.85. The number of fused-ring (bicyclic) bond motifs is 1. The van der Waals surface area contributed by atoms with E-state index in [1.165, 1.54) is 11.1 Å². The van der Waals surface area contributed by atoms with Gasteiger partial charge in [-0.1, -0.05) is 31.5 Å². The van der Waals surface area contributed by atoms with Crippen LogP contribution in [0.4, 0.5) is 11.8 Å². The molecule has 0 radical (unpaired) electrons. The number of halogens is 1. The minimum Gasteiger partial charge on any atom is -0.394 e. The average molecular weight is 361 g/mol. The van der Waals surface area contributed by atoms with E-state index >= 15 is 0 Å². The molecule has 3 rings (SSSR count). The van der Waals surface area contributed by atoms with Crippen LogP contribution >= 0.6 is 11.6 Å². The lowest BCUT2D eigenvalue weighted by Crippen LogP contribution is -2.33. The molecule has 1 aromatic carbocycles. The molecule has 2 aromatic rings. The van der Waals surface area contributed by atoms with E-state index in [1.54, 1.807) is 0 Å². The SMILES string of the molecule is Cc1cc(N2CCc3cc(Cl)ccc3C2)nc(N[C@H](CO)C(C)C)n1. The van der Waals surface area contributed by atoms with E-state index in [2.05, 4.69) is 46.2 Å². The quantitative estimate of drug-likeness (QED) is 0.855. The van der Waals surface area contributed by atoms with Gasteiger partial charge in [0.05, 0.1) is 12.6 Å². The zero-order chi connectivity index (χ0) is 18.0. The van der Waals surface area contributed by atoms with Gasteiger partial charge in [-0.2, -0.15) is 4.98 Å². The molecule has 6 heteroatoms. The first-order chi connectivity index (χ1) is 12.0. The predicted octanol–water partition coefficient (Wildman–Crippen LogP) is 3.43. The van der Waals surface area contributed by atoms with Gasteiger partial charge >= 0.3 is 0 Å². The third-order valence-electron chi connectivity index (χ3n) is 4.66. The van der Waals surface area contributed by atoms with E-state index in [0.29, 0.717) is 11.9 Å². The normalized spacial score (nSPS) is 15.2. The molecule has 25 heavy (non-hydrogen) atoms. The van der Waals surface area contributed by atoms with Crippen LogP contribution < -0.4 is 10.2 Å². The van der Waals surface area contributed by atoms with Crippen molar-refractivity contribution in [1.29, 1.82) is 0 Å². The van der Waals surface area contributed by atoms with Gasteiger partial charge in [-0.05, 0) is 42.5 Å². The van der Waals surface area contributed by atoms with Crippen molar-refractivity contribution in [3.05, 3.63) is 46.1 Å². The largest absolute Gasteiger partial charge is 0.394 e. The number of rotatable bonds is 5. The number of aliphatic hydroxyl groups excluding tert-OH is 1. The summed E-state index contributed by atoms with van der Waals surface area (Å²) in [5.74, 6) is 1.78. The van der Waals surface area contributed by atoms with Crippen molar-refractivity contribution in [2.24, 2.45) is 5.92 Å². The summed E-state index contributed by atoms with van der Waals surface area (Å²) in [5.41, 5.74) is 3.51. The lowest BCUT2D eigenvalue weighted by atomic mass is 10.00. The third-order valence-corrected chi connectivity index (χ3v) is 4.90. The zero-order valence-corrected chi connectivity index (χ0v) is 15.7. The fraction of sp³-hybridized carbons (Fsp3) is 0.474. The summed E-state index contributed by atoms with van der Waals surface area (Å²) < 4.78 is 0. The summed E-state index contributed by atoms with van der Waals surface area (Å²) in [6.45, 7) is 7.88. The molecule has 0 spiro atoms. The average Bonchev–Trinajstić information content (AvgIpc) is 2.58. The van der Waals surface area contributed by atoms with Crippen molar-refractivity contribution in [1.82, 2.24) is 9.97 Å². The van der Waals surface area contributed by atoms with E-state index in [1.807, 2.05) is 19.1 Å². The van der Waals surface area contributed by atoms with E-state index < -0.39 is 0 Å². The van der Waals surface area contributed by atoms with Gasteiger partial charge < -0.3 is 15.3 Å². The number of benzene rings is 1. The molecule has 0 aliphatic carbocycles. The number of nitrogens with zero attached hydrogens (tertiary/aromatic N) is 3. The molecule has 0 amide bonds. The lowest BCUT2D eigenvalue weighted by Gasteiger charge is -2.30. The summed E-state index contributed by atoms with van der Waals surface area (Å²) >= 11 is 6.10. The highest BCUT2D eigenvalue weighted by molar-refractivity contribution is 6.30. The van der Waals surface area contributed by atoms with Crippen LogP contribution in [0.2, 0.25) is 5.02 Å². The Kier molecular flexibility index (Phi) is 5.45. The van der Waals surface area contributed by atoms with Crippen molar-refractivity contribution in [2.45, 2.75) is 39.8 Å². The van der Waals surface area contributed by atoms with Crippen LogP contribution in [0.1, 0.15) is 30.7 Å². The Labute approximate surface area is 154 Å². The molecule has 1 aliphatic rings. The summed E-state index contributed by atoms with van der Waals surface area (Å²) in [6, 6.07) is 8.05. The number of aryl methyl sites for hydroxylation is 1. The van der Waals surface area contributed by atoms with E-state index in [4.69, 9.17) is 11.6 Å². The Morgan fingerprint density at radius 1 is 1.24 bits per heavy atom. The number of aliphatic hydroxyl groups is 1. The third kappa shape index (κ3) is 4.22. The summed E-state index contributed by atoms with van der Waals surface area (Å²) in [7, 11) is 0. The highest BCUT2D eigenvalue weighted by Gasteiger charge is 2.20. The Morgan fingerprint density at radius 2 is 2.04 bits per heavy atom. The number of nitrogens with one attached hydrogen (secondary N) is 1. The minimum atomic E-state index is -0.0566. The van der Waals surface area contributed by atoms with Crippen molar-refractivity contribution < 1.29 is 5.11 Å². The monoisotopic (exact) mass is 360 g/mol. The number of hydrogen-bond acceptors (Lipinski definition) is 5. The second-order valence-electron chi connectivity index (χ2n) is 6.95. The maximum absolute atomic E-state index is 9.54. The van der Waals surface area contributed by atoms with Gasteiger partial charge in [-0.15, -0.1) is 0 Å². The molecule has 2 N–H and O–H groups in total. The van der Waals surface area contributed by atoms with Gasteiger partial charge in [-0.25, -0.2) is 4.98 Å². The molecule has 1 aliphatic heterocycles. The van der Waals surface area contributed by atoms with Crippen LogP contribution in [-0.2, 0) is 13.0 Å². The summed E-state index contributed by atoms with van der Waals surface area (Å²) in [4.78, 5) is 11.4. The molecule has 2 heterocycles. The van der Waals surface area contributed by atoms with Gasteiger partial charge in [0.25, 0.3) is 0 Å². The standard InChI is InChI=1S/C19H25ClN4O/c1-12(2)17(11-25)22-19-21-13(3)8-18(23-19)24-7-6-14-9-16(20)5-4-15(14)10-24/h4-5,8-9,12,17,25H,6-7,10-11H2,1-3H3,(H,21,22,23)/t17-/m1/s1. The topological polar surface area (TPSA) is 61.3 Å². The van der Waals surface area contributed by atoms with E-state index in [-0.39, 0.29) is 12.6 Å². The Balaban J connectivity index is 1.82. The van der Waals surface area contributed by atoms with Crippen molar-refractivity contribution in [3.8, 4) is 0 Å². The van der Waals surface area contributed by atoms with Crippen LogP contribution in [0.25, 0.3) is 0 Å². The highest BCUT2D eigenvalue weighted by atomic mass is 35.5. The van der Waals surface area contributed by atoms with Gasteiger partial charge in [0.1, 0.15) is 5.82 Å². The smallest absolute Gasteiger partial charge is 0.225 e. The molecule has 0 fully saturated rings. The van der Waals surface area contributed by atoms with Gasteiger partial charge in [0, 0.05) is 29.9 Å². The second-order valence-corrected chi connectivity index (χ2v) is 7.39. The number of hydrogen-bond donors (Lipinski definition) is 2. The molecular weight excluding hydrogens is 336 g/mol. The zero-order valence-electron chi connectivity index (χ0n) is 15.0. The van der Waals surface area contributed by atoms with Crippen molar-refractivity contribution in [2.75, 3.05) is 23.4 Å². The van der Waals surface area contributed by atoms with Crippen molar-refractivity contribution >= 4 is 23.4 Å². The summed E-state index contributed by atoms with van der Waals surface area (Å²) in [5, 5.41) is 13.6. The Morgan fingerprint density at radius 3 is 2.76 bits per heavy atom. The maximum Gasteiger partial charge on any atom is 0.225 e. The van der Waals surface area contributed by atoms with Crippen LogP contribution in [0.5, 0.6) is 0 Å². The molecule has 1 atom stereocenters. The van der Waals surface area contributed by atoms with Gasteiger partial charge in [0.15, 0.2) is 0 Å². The lowest BCUT2D eigenvalue weighted by molar-refractivity contribution is 0.248. The van der Waals surface area contributed by atoms with Crippen LogP contribution in [0, 0.1) is 12.8 Å². The first-order valence-corrected chi connectivity index (χ1v) is 9.09. The van der Waals surface area contributed by atoms with Crippen LogP contribution in [0.3, 0.4) is 0 Å². The molecule has 0 saturated carbocycles. The number of aromatic nitrogens is 2. The molecule has 5 nitrogen and oxygen atoms in total. The highest BCUT2D eigenvalue weighted by Crippen LogP contribution is 2.26. The summed E-state index contributed by atoms with van der Waals surface area (Å²) in [6.07, 6.45) is 0.951. The first kappa shape index (κ1) is 18.0. The molecule has 0 saturated heterocycles. The van der Waals surface area contributed by atoms with Crippen LogP contribution in [0.15, 0.2) is 24.3 Å². The fourth-order valence-electron chi connectivity index (χ4n) is 3.08. The number of anilines is 2. The fourth-order valence-corrected chi connectivity index (χ4v) is 3.28. The molecule has 0 unspecified atom stereocenters. The second kappa shape index (κ2) is 7.58. The van der Waals surface area contributed by atoms with Crippen molar-refractivity contribution in [3.63, 3.8) is 0 Å². The van der Waals surface area contributed by atoms with Gasteiger partial charge in [-0.3, -0.25) is 0 Å². The first-order valence-electron chi connectivity index (χ1n) is 8.71. The Bertz CT molecular complexity index is 750. The van der Waals surface area contributed by atoms with Crippen LogP contribution in [-0.4, -0.2) is 34.3 Å². The minimum absolute atomic E-state index is 0.0566. The maximum atomic E-state index is 9.54. The predicted molar refractivity (Wildman–Crippen MR) is 102 cm³/mol. The van der Waals surface area contributed by atoms with E-state index in [0.717, 1.165) is 36.0 Å². The molecular formula is C19H25ClN4O. The molecule has 1 aromatic heterocycles.